The molecule has 1 aromatic carbocycles. The van der Waals surface area contributed by atoms with E-state index in [4.69, 9.17) is 4.74 Å². The van der Waals surface area contributed by atoms with Gasteiger partial charge in [0.2, 0.25) is 0 Å². The summed E-state index contributed by atoms with van der Waals surface area (Å²) in [6.45, 7) is 2.63. The Kier molecular flexibility index (Phi) is 6.37. The second-order valence-electron chi connectivity index (χ2n) is 5.72. The van der Waals surface area contributed by atoms with Crippen molar-refractivity contribution in [3.05, 3.63) is 28.2 Å². The van der Waals surface area contributed by atoms with Crippen molar-refractivity contribution in [1.82, 2.24) is 0 Å². The second-order valence-corrected chi connectivity index (χ2v) is 6.57. The van der Waals surface area contributed by atoms with E-state index in [1.807, 2.05) is 25.1 Å². The van der Waals surface area contributed by atoms with Crippen molar-refractivity contribution in [3.8, 4) is 5.75 Å². The Morgan fingerprint density at radius 3 is 2.70 bits per heavy atom. The van der Waals surface area contributed by atoms with Crippen LogP contribution in [-0.2, 0) is 0 Å². The first-order valence-corrected chi connectivity index (χ1v) is 8.60. The molecule has 1 unspecified atom stereocenters. The number of rotatable bonds is 6. The fourth-order valence-electron chi connectivity index (χ4n) is 3.03. The van der Waals surface area contributed by atoms with E-state index in [1.165, 1.54) is 32.1 Å². The monoisotopic (exact) mass is 340 g/mol. The summed E-state index contributed by atoms with van der Waals surface area (Å²) in [5.41, 5.74) is 0.983. The molecule has 0 aromatic heterocycles. The topological polar surface area (TPSA) is 29.5 Å². The first kappa shape index (κ1) is 15.8. The highest BCUT2D eigenvalue weighted by molar-refractivity contribution is 9.10. The minimum absolute atomic E-state index is 0.357. The summed E-state index contributed by atoms with van der Waals surface area (Å²) in [5.74, 6) is 1.67. The molecule has 1 saturated carbocycles. The van der Waals surface area contributed by atoms with E-state index < -0.39 is 0 Å². The van der Waals surface area contributed by atoms with E-state index >= 15 is 0 Å². The maximum absolute atomic E-state index is 10.3. The molecule has 0 spiro atoms. The highest BCUT2D eigenvalue weighted by Gasteiger charge is 2.16. The van der Waals surface area contributed by atoms with Crippen LogP contribution < -0.4 is 4.74 Å². The van der Waals surface area contributed by atoms with Crippen molar-refractivity contribution >= 4 is 15.9 Å². The van der Waals surface area contributed by atoms with Gasteiger partial charge >= 0.3 is 0 Å². The molecule has 20 heavy (non-hydrogen) atoms. The fraction of sp³-hybridized carbons (Fsp3) is 0.647. The first-order chi connectivity index (χ1) is 9.70. The van der Waals surface area contributed by atoms with Crippen LogP contribution in [0.2, 0.25) is 0 Å². The number of halogens is 1. The SMILES string of the molecule is CCOc1ccc(C(O)CCC2CCCCC2)cc1Br. The number of hydrogen-bond donors (Lipinski definition) is 1. The van der Waals surface area contributed by atoms with Crippen molar-refractivity contribution in [2.45, 2.75) is 58.0 Å². The Morgan fingerprint density at radius 1 is 1.30 bits per heavy atom. The molecule has 2 rings (SSSR count). The Labute approximate surface area is 130 Å². The Bertz CT molecular complexity index is 413. The summed E-state index contributed by atoms with van der Waals surface area (Å²) in [6, 6.07) is 5.89. The summed E-state index contributed by atoms with van der Waals surface area (Å²) in [6.07, 6.45) is 8.48. The predicted octanol–water partition coefficient (Wildman–Crippen LogP) is 5.24. The number of aliphatic hydroxyl groups is 1. The van der Waals surface area contributed by atoms with Crippen LogP contribution in [-0.4, -0.2) is 11.7 Å². The molecule has 3 heteroatoms. The lowest BCUT2D eigenvalue weighted by Gasteiger charge is -2.22. The summed E-state index contributed by atoms with van der Waals surface area (Å²) in [5, 5.41) is 10.3. The third kappa shape index (κ3) is 4.49. The maximum Gasteiger partial charge on any atom is 0.133 e. The Hall–Kier alpha value is -0.540. The highest BCUT2D eigenvalue weighted by atomic mass is 79.9. The summed E-state index contributed by atoms with van der Waals surface area (Å²) < 4.78 is 6.42. The van der Waals surface area contributed by atoms with E-state index in [9.17, 15) is 5.11 Å². The molecular weight excluding hydrogens is 316 g/mol. The second kappa shape index (κ2) is 8.04. The van der Waals surface area contributed by atoms with Gasteiger partial charge in [-0.25, -0.2) is 0 Å². The van der Waals surface area contributed by atoms with Crippen LogP contribution in [0.1, 0.15) is 63.5 Å². The molecule has 0 heterocycles. The van der Waals surface area contributed by atoms with Gasteiger partial charge in [-0.2, -0.15) is 0 Å². The Morgan fingerprint density at radius 2 is 2.05 bits per heavy atom. The largest absolute Gasteiger partial charge is 0.493 e. The zero-order valence-electron chi connectivity index (χ0n) is 12.3. The summed E-state index contributed by atoms with van der Waals surface area (Å²) in [7, 11) is 0. The van der Waals surface area contributed by atoms with Crippen molar-refractivity contribution in [3.63, 3.8) is 0 Å². The van der Waals surface area contributed by atoms with Crippen LogP contribution >= 0.6 is 15.9 Å². The van der Waals surface area contributed by atoms with Gasteiger partial charge < -0.3 is 9.84 Å². The van der Waals surface area contributed by atoms with E-state index in [0.717, 1.165) is 34.5 Å². The quantitative estimate of drug-likeness (QED) is 0.766. The van der Waals surface area contributed by atoms with Crippen LogP contribution in [0.25, 0.3) is 0 Å². The third-order valence-electron chi connectivity index (χ3n) is 4.21. The maximum atomic E-state index is 10.3. The molecule has 0 radical (unpaired) electrons. The van der Waals surface area contributed by atoms with Crippen LogP contribution in [0.3, 0.4) is 0 Å². The zero-order valence-corrected chi connectivity index (χ0v) is 13.9. The molecule has 1 atom stereocenters. The van der Waals surface area contributed by atoms with Crippen molar-refractivity contribution in [2.24, 2.45) is 5.92 Å². The summed E-state index contributed by atoms with van der Waals surface area (Å²) >= 11 is 3.51. The molecule has 1 aliphatic rings. The van der Waals surface area contributed by atoms with E-state index in [2.05, 4.69) is 15.9 Å². The lowest BCUT2D eigenvalue weighted by molar-refractivity contribution is 0.151. The van der Waals surface area contributed by atoms with Gasteiger partial charge in [-0.15, -0.1) is 0 Å². The van der Waals surface area contributed by atoms with Crippen molar-refractivity contribution < 1.29 is 9.84 Å². The smallest absolute Gasteiger partial charge is 0.133 e. The molecule has 2 nitrogen and oxygen atoms in total. The lowest BCUT2D eigenvalue weighted by Crippen LogP contribution is -2.08. The van der Waals surface area contributed by atoms with Gasteiger partial charge in [0.25, 0.3) is 0 Å². The summed E-state index contributed by atoms with van der Waals surface area (Å²) in [4.78, 5) is 0. The van der Waals surface area contributed by atoms with Crippen molar-refractivity contribution in [1.29, 1.82) is 0 Å². The minimum atomic E-state index is -0.357. The molecule has 1 aliphatic carbocycles. The van der Waals surface area contributed by atoms with Gasteiger partial charge in [-0.05, 0) is 59.3 Å². The van der Waals surface area contributed by atoms with Crippen LogP contribution in [0.5, 0.6) is 5.75 Å². The number of benzene rings is 1. The van der Waals surface area contributed by atoms with Crippen LogP contribution in [0, 0.1) is 5.92 Å². The zero-order chi connectivity index (χ0) is 14.4. The first-order valence-electron chi connectivity index (χ1n) is 7.81. The molecule has 0 amide bonds. The average Bonchev–Trinajstić information content (AvgIpc) is 2.48. The fourth-order valence-corrected chi connectivity index (χ4v) is 3.54. The number of ether oxygens (including phenoxy) is 1. The molecule has 0 aliphatic heterocycles. The lowest BCUT2D eigenvalue weighted by atomic mass is 9.85. The van der Waals surface area contributed by atoms with E-state index in [1.54, 1.807) is 0 Å². The molecule has 1 N–H and O–H groups in total. The highest BCUT2D eigenvalue weighted by Crippen LogP contribution is 2.33. The van der Waals surface area contributed by atoms with Crippen LogP contribution in [0.15, 0.2) is 22.7 Å². The Balaban J connectivity index is 1.88. The molecule has 0 saturated heterocycles. The van der Waals surface area contributed by atoms with Gasteiger partial charge in [-0.3, -0.25) is 0 Å². The number of hydrogen-bond acceptors (Lipinski definition) is 2. The molecule has 0 bridgehead atoms. The molecule has 1 fully saturated rings. The molecular formula is C17H25BrO2. The molecule has 1 aromatic rings. The van der Waals surface area contributed by atoms with Crippen molar-refractivity contribution in [2.75, 3.05) is 6.61 Å². The molecule has 112 valence electrons. The number of aliphatic hydroxyl groups excluding tert-OH is 1. The van der Waals surface area contributed by atoms with Gasteiger partial charge in [0.15, 0.2) is 0 Å². The van der Waals surface area contributed by atoms with Gasteiger partial charge in [0, 0.05) is 0 Å². The van der Waals surface area contributed by atoms with Crippen LogP contribution in [0.4, 0.5) is 0 Å². The minimum Gasteiger partial charge on any atom is -0.493 e. The van der Waals surface area contributed by atoms with E-state index in [0.29, 0.717) is 6.61 Å². The van der Waals surface area contributed by atoms with Gasteiger partial charge in [0.05, 0.1) is 17.2 Å². The standard InChI is InChI=1S/C17H25BrO2/c1-2-20-17-11-9-14(12-15(17)18)16(19)10-8-13-6-4-3-5-7-13/h9,11-13,16,19H,2-8,10H2,1H3. The van der Waals surface area contributed by atoms with Gasteiger partial charge in [-0.1, -0.05) is 38.2 Å². The average molecular weight is 341 g/mol. The van der Waals surface area contributed by atoms with E-state index in [-0.39, 0.29) is 6.10 Å². The predicted molar refractivity (Wildman–Crippen MR) is 86.1 cm³/mol. The van der Waals surface area contributed by atoms with Gasteiger partial charge in [0.1, 0.15) is 5.75 Å². The normalized spacial score (nSPS) is 17.9. The third-order valence-corrected chi connectivity index (χ3v) is 4.83.